The van der Waals surface area contributed by atoms with Crippen LogP contribution in [0.15, 0.2) is 30.3 Å². The van der Waals surface area contributed by atoms with Crippen LogP contribution in [0.5, 0.6) is 5.75 Å². The van der Waals surface area contributed by atoms with E-state index in [4.69, 9.17) is 4.74 Å². The van der Waals surface area contributed by atoms with Crippen molar-refractivity contribution in [3.8, 4) is 5.75 Å². The lowest BCUT2D eigenvalue weighted by Crippen LogP contribution is -2.25. The van der Waals surface area contributed by atoms with Gasteiger partial charge in [0.1, 0.15) is 23.1 Å². The predicted molar refractivity (Wildman–Crippen MR) is 95.0 cm³/mol. The number of nitrogens with zero attached hydrogens (tertiary/aromatic N) is 3. The van der Waals surface area contributed by atoms with E-state index in [1.165, 1.54) is 5.56 Å². The van der Waals surface area contributed by atoms with Gasteiger partial charge in [-0.3, -0.25) is 4.79 Å². The zero-order valence-corrected chi connectivity index (χ0v) is 14.2. The van der Waals surface area contributed by atoms with Gasteiger partial charge in [0.05, 0.1) is 24.7 Å². The molecule has 0 radical (unpaired) electrons. The third-order valence-electron chi connectivity index (χ3n) is 4.42. The molecule has 3 aromatic rings. The van der Waals surface area contributed by atoms with E-state index in [1.807, 2.05) is 31.3 Å². The van der Waals surface area contributed by atoms with Crippen molar-refractivity contribution >= 4 is 22.8 Å². The fraction of sp³-hybridized carbons (Fsp3) is 0.278. The topological polar surface area (TPSA) is 83.1 Å². The van der Waals surface area contributed by atoms with E-state index < -0.39 is 0 Å². The highest BCUT2D eigenvalue weighted by Gasteiger charge is 2.19. The van der Waals surface area contributed by atoms with Crippen LogP contribution in [0.25, 0.3) is 11.0 Å². The summed E-state index contributed by atoms with van der Waals surface area (Å²) in [6, 6.07) is 9.38. The number of pyridine rings is 1. The molecule has 3 heterocycles. The molecule has 2 N–H and O–H groups in total. The lowest BCUT2D eigenvalue weighted by atomic mass is 10.2. The first-order valence-electron chi connectivity index (χ1n) is 8.16. The van der Waals surface area contributed by atoms with Crippen LogP contribution >= 0.6 is 0 Å². The second-order valence-electron chi connectivity index (χ2n) is 6.10. The Morgan fingerprint density at radius 2 is 2.20 bits per heavy atom. The van der Waals surface area contributed by atoms with Gasteiger partial charge >= 0.3 is 0 Å². The van der Waals surface area contributed by atoms with Gasteiger partial charge in [-0.25, -0.2) is 9.97 Å². The van der Waals surface area contributed by atoms with Gasteiger partial charge in [0.25, 0.3) is 5.91 Å². The molecule has 0 bridgehead atoms. The first-order chi connectivity index (χ1) is 12.1. The average molecular weight is 337 g/mol. The van der Waals surface area contributed by atoms with Crippen molar-refractivity contribution in [2.75, 3.05) is 25.6 Å². The number of carbonyl (C=O) groups excluding carboxylic acids is 1. The molecule has 1 aliphatic heterocycles. The largest absolute Gasteiger partial charge is 0.497 e. The molecule has 4 rings (SSSR count). The Morgan fingerprint density at radius 1 is 1.32 bits per heavy atom. The quantitative estimate of drug-likeness (QED) is 0.760. The van der Waals surface area contributed by atoms with E-state index >= 15 is 0 Å². The summed E-state index contributed by atoms with van der Waals surface area (Å²) < 4.78 is 5.20. The molecule has 2 aromatic heterocycles. The van der Waals surface area contributed by atoms with Gasteiger partial charge in [-0.2, -0.15) is 0 Å². The number of anilines is 1. The predicted octanol–water partition coefficient (Wildman–Crippen LogP) is 1.89. The summed E-state index contributed by atoms with van der Waals surface area (Å²) in [5, 5.41) is 2.87. The maximum Gasteiger partial charge on any atom is 0.270 e. The number of hydrogen-bond donors (Lipinski definition) is 2. The smallest absolute Gasteiger partial charge is 0.270 e. The van der Waals surface area contributed by atoms with Crippen LogP contribution in [-0.4, -0.2) is 41.6 Å². The van der Waals surface area contributed by atoms with Crippen LogP contribution < -0.4 is 15.0 Å². The van der Waals surface area contributed by atoms with Crippen molar-refractivity contribution in [2.24, 2.45) is 0 Å². The average Bonchev–Trinajstić information content (AvgIpc) is 3.22. The first kappa shape index (κ1) is 15.4. The van der Waals surface area contributed by atoms with Gasteiger partial charge in [0, 0.05) is 19.7 Å². The van der Waals surface area contributed by atoms with Crippen LogP contribution in [0.3, 0.4) is 0 Å². The van der Waals surface area contributed by atoms with E-state index in [0.717, 1.165) is 35.6 Å². The molecule has 0 saturated carbocycles. The highest BCUT2D eigenvalue weighted by atomic mass is 16.5. The molecule has 1 aliphatic rings. The number of rotatable bonds is 4. The Bertz CT molecular complexity index is 950. The van der Waals surface area contributed by atoms with Crippen LogP contribution in [0, 0.1) is 0 Å². The van der Waals surface area contributed by atoms with Crippen molar-refractivity contribution in [1.82, 2.24) is 20.3 Å². The minimum atomic E-state index is -0.207. The van der Waals surface area contributed by atoms with Crippen LogP contribution in [0.4, 0.5) is 5.82 Å². The van der Waals surface area contributed by atoms with Crippen molar-refractivity contribution < 1.29 is 9.53 Å². The molecule has 25 heavy (non-hydrogen) atoms. The van der Waals surface area contributed by atoms with Crippen LogP contribution in [0.1, 0.15) is 21.9 Å². The fourth-order valence-electron chi connectivity index (χ4n) is 3.03. The Hall–Kier alpha value is -3.09. The number of imidazole rings is 1. The molecule has 0 fully saturated rings. The zero-order valence-electron chi connectivity index (χ0n) is 14.2. The molecule has 0 unspecified atom stereocenters. The number of hydrogen-bond acceptors (Lipinski definition) is 5. The molecule has 1 amide bonds. The molecular formula is C18H19N5O2. The maximum absolute atomic E-state index is 12.4. The summed E-state index contributed by atoms with van der Waals surface area (Å²) in [5.41, 5.74) is 3.32. The third-order valence-corrected chi connectivity index (χ3v) is 4.42. The van der Waals surface area contributed by atoms with Gasteiger partial charge in [-0.05, 0) is 30.2 Å². The van der Waals surface area contributed by atoms with Crippen molar-refractivity contribution in [3.63, 3.8) is 0 Å². The highest BCUT2D eigenvalue weighted by molar-refractivity contribution is 5.92. The third kappa shape index (κ3) is 2.88. The van der Waals surface area contributed by atoms with E-state index in [2.05, 4.69) is 25.2 Å². The zero-order chi connectivity index (χ0) is 17.4. The Morgan fingerprint density at radius 3 is 3.04 bits per heavy atom. The number of benzene rings is 1. The fourth-order valence-corrected chi connectivity index (χ4v) is 3.03. The van der Waals surface area contributed by atoms with E-state index in [9.17, 15) is 4.79 Å². The number of methoxy groups -OCH3 is 1. The highest BCUT2D eigenvalue weighted by Crippen LogP contribution is 2.24. The van der Waals surface area contributed by atoms with Crippen molar-refractivity contribution in [3.05, 3.63) is 47.4 Å². The number of carbonyl (C=O) groups is 1. The van der Waals surface area contributed by atoms with Gasteiger partial charge < -0.3 is 19.9 Å². The lowest BCUT2D eigenvalue weighted by Gasteiger charge is -2.11. The molecule has 0 aliphatic carbocycles. The Kier molecular flexibility index (Phi) is 3.76. The molecule has 7 heteroatoms. The molecule has 0 spiro atoms. The van der Waals surface area contributed by atoms with Gasteiger partial charge in [-0.1, -0.05) is 6.07 Å². The second-order valence-corrected chi connectivity index (χ2v) is 6.10. The number of nitrogens with one attached hydrogen (secondary N) is 2. The van der Waals surface area contributed by atoms with Gasteiger partial charge in [0.15, 0.2) is 0 Å². The standard InChI is InChI=1S/C18H19N5O2/c1-23-8-7-11-3-5-14(22-17(11)23)18(24)19-10-16-20-13-6-4-12(25-2)9-15(13)21-16/h3-6,9H,7-8,10H2,1-2H3,(H,19,24)(H,20,21). The first-order valence-corrected chi connectivity index (χ1v) is 8.16. The summed E-state index contributed by atoms with van der Waals surface area (Å²) in [6.07, 6.45) is 0.975. The van der Waals surface area contributed by atoms with Gasteiger partial charge in [0.2, 0.25) is 0 Å². The minimum absolute atomic E-state index is 0.207. The van der Waals surface area contributed by atoms with Crippen molar-refractivity contribution in [2.45, 2.75) is 13.0 Å². The molecule has 0 saturated heterocycles. The maximum atomic E-state index is 12.4. The summed E-state index contributed by atoms with van der Waals surface area (Å²) in [5.74, 6) is 2.14. The van der Waals surface area contributed by atoms with E-state index in [0.29, 0.717) is 18.1 Å². The number of likely N-dealkylation sites (N-methyl/N-ethyl adjacent to an activating group) is 1. The summed E-state index contributed by atoms with van der Waals surface area (Å²) in [6.45, 7) is 1.25. The summed E-state index contributed by atoms with van der Waals surface area (Å²) >= 11 is 0. The normalized spacial score (nSPS) is 13.1. The van der Waals surface area contributed by atoms with E-state index in [-0.39, 0.29) is 5.91 Å². The van der Waals surface area contributed by atoms with Crippen molar-refractivity contribution in [1.29, 1.82) is 0 Å². The van der Waals surface area contributed by atoms with E-state index in [1.54, 1.807) is 13.2 Å². The van der Waals surface area contributed by atoms with Crippen LogP contribution in [-0.2, 0) is 13.0 Å². The lowest BCUT2D eigenvalue weighted by molar-refractivity contribution is 0.0945. The second kappa shape index (κ2) is 6.08. The summed E-state index contributed by atoms with van der Waals surface area (Å²) in [7, 11) is 3.61. The molecule has 1 aromatic carbocycles. The number of ether oxygens (including phenoxy) is 1. The number of aromatic nitrogens is 3. The molecular weight excluding hydrogens is 318 g/mol. The SMILES string of the molecule is COc1ccc2nc(CNC(=O)c3ccc4c(n3)N(C)CC4)[nH]c2c1. The van der Waals surface area contributed by atoms with Gasteiger partial charge in [-0.15, -0.1) is 0 Å². The summed E-state index contributed by atoms with van der Waals surface area (Å²) in [4.78, 5) is 26.6. The number of fused-ring (bicyclic) bond motifs is 2. The number of H-pyrrole nitrogens is 1. The molecule has 7 nitrogen and oxygen atoms in total. The Labute approximate surface area is 145 Å². The molecule has 128 valence electrons. The molecule has 0 atom stereocenters. The monoisotopic (exact) mass is 337 g/mol. The number of amides is 1. The van der Waals surface area contributed by atoms with Crippen LogP contribution in [0.2, 0.25) is 0 Å². The number of aromatic amines is 1. The minimum Gasteiger partial charge on any atom is -0.497 e. The Balaban J connectivity index is 1.48.